The van der Waals surface area contributed by atoms with Crippen molar-refractivity contribution < 1.29 is 14.1 Å². The van der Waals surface area contributed by atoms with Crippen molar-refractivity contribution in [2.45, 2.75) is 57.4 Å². The summed E-state index contributed by atoms with van der Waals surface area (Å²) < 4.78 is 4.80. The Morgan fingerprint density at radius 1 is 1.27 bits per heavy atom. The molecule has 26 heavy (non-hydrogen) atoms. The van der Waals surface area contributed by atoms with E-state index in [1.807, 2.05) is 4.90 Å². The van der Waals surface area contributed by atoms with Gasteiger partial charge in [-0.05, 0) is 50.9 Å². The molecule has 0 radical (unpaired) electrons. The van der Waals surface area contributed by atoms with Crippen molar-refractivity contribution in [2.75, 3.05) is 19.6 Å². The summed E-state index contributed by atoms with van der Waals surface area (Å²) in [4.78, 5) is 29.0. The van der Waals surface area contributed by atoms with Gasteiger partial charge in [-0.25, -0.2) is 0 Å². The number of carbonyl (C=O) groups excluding carboxylic acids is 2. The predicted octanol–water partition coefficient (Wildman–Crippen LogP) is 3.02. The molecule has 6 nitrogen and oxygen atoms in total. The highest BCUT2D eigenvalue weighted by atomic mass is 16.5. The largest absolute Gasteiger partial charge is 0.364 e. The summed E-state index contributed by atoms with van der Waals surface area (Å²) >= 11 is 0. The Morgan fingerprint density at radius 3 is 2.96 bits per heavy atom. The second-order valence-electron chi connectivity index (χ2n) is 7.74. The first-order valence-corrected chi connectivity index (χ1v) is 9.89. The van der Waals surface area contributed by atoms with Gasteiger partial charge in [0, 0.05) is 38.2 Å². The smallest absolute Gasteiger partial charge is 0.276 e. The lowest BCUT2D eigenvalue weighted by atomic mass is 9.83. The molecule has 0 bridgehead atoms. The van der Waals surface area contributed by atoms with Gasteiger partial charge in [0.1, 0.15) is 6.26 Å². The number of rotatable bonds is 4. The maximum absolute atomic E-state index is 12.5. The fourth-order valence-electron chi connectivity index (χ4n) is 4.71. The van der Waals surface area contributed by atoms with Crippen LogP contribution in [0, 0.1) is 5.92 Å². The van der Waals surface area contributed by atoms with Crippen LogP contribution in [0.15, 0.2) is 28.5 Å². The highest BCUT2D eigenvalue weighted by Gasteiger charge is 2.40. The lowest BCUT2D eigenvalue weighted by Gasteiger charge is -2.47. The first-order valence-electron chi connectivity index (χ1n) is 9.89. The third-order valence-corrected chi connectivity index (χ3v) is 6.15. The molecule has 2 amide bonds. The number of fused-ring (bicyclic) bond motifs is 1. The normalized spacial score (nSPS) is 26.5. The van der Waals surface area contributed by atoms with Crippen molar-refractivity contribution >= 4 is 11.8 Å². The molecule has 2 unspecified atom stereocenters. The number of hydrogen-bond donors (Lipinski definition) is 0. The van der Waals surface area contributed by atoms with Gasteiger partial charge in [-0.15, -0.1) is 0 Å². The minimum absolute atomic E-state index is 0.0620. The van der Waals surface area contributed by atoms with Crippen LogP contribution < -0.4 is 0 Å². The maximum Gasteiger partial charge on any atom is 0.276 e. The summed E-state index contributed by atoms with van der Waals surface area (Å²) in [5, 5.41) is 3.77. The van der Waals surface area contributed by atoms with Crippen molar-refractivity contribution in [1.82, 2.24) is 15.0 Å². The summed E-state index contributed by atoms with van der Waals surface area (Å²) in [5.74, 6) is 0.601. The molecule has 3 heterocycles. The van der Waals surface area contributed by atoms with E-state index >= 15 is 0 Å². The molecule has 1 aliphatic carbocycles. The number of piperidine rings is 2. The molecule has 0 aromatic carbocycles. The van der Waals surface area contributed by atoms with Crippen molar-refractivity contribution in [2.24, 2.45) is 5.92 Å². The van der Waals surface area contributed by atoms with Gasteiger partial charge in [0.15, 0.2) is 5.69 Å². The van der Waals surface area contributed by atoms with Gasteiger partial charge in [0.25, 0.3) is 5.91 Å². The van der Waals surface area contributed by atoms with Crippen LogP contribution in [-0.4, -0.2) is 52.4 Å². The van der Waals surface area contributed by atoms with Crippen molar-refractivity contribution in [1.29, 1.82) is 0 Å². The van der Waals surface area contributed by atoms with E-state index in [0.717, 1.165) is 25.8 Å². The van der Waals surface area contributed by atoms with E-state index in [1.165, 1.54) is 37.5 Å². The Morgan fingerprint density at radius 2 is 2.19 bits per heavy atom. The molecule has 6 heteroatoms. The van der Waals surface area contributed by atoms with E-state index in [-0.39, 0.29) is 11.9 Å². The Kier molecular flexibility index (Phi) is 5.09. The standard InChI is InChI=1S/C20H27N3O3/c24-19-7-6-16-14-22(20(25)17-10-13-26-21-17)11-9-18(16)23(19)12-8-15-4-2-1-3-5-15/h4,10,13,16,18H,1-3,5-9,11-12,14H2. The van der Waals surface area contributed by atoms with E-state index in [9.17, 15) is 9.59 Å². The average Bonchev–Trinajstić information content (AvgIpc) is 3.22. The quantitative estimate of drug-likeness (QED) is 0.777. The Hall–Kier alpha value is -2.11. The zero-order chi connectivity index (χ0) is 17.9. The SMILES string of the molecule is O=C(c1ccon1)N1CCC2C(CCC(=O)N2CCC2=CCCCC2)C1. The molecule has 3 aliphatic rings. The van der Waals surface area contributed by atoms with E-state index in [4.69, 9.17) is 4.52 Å². The van der Waals surface area contributed by atoms with Gasteiger partial charge in [-0.3, -0.25) is 9.59 Å². The molecular formula is C20H27N3O3. The highest BCUT2D eigenvalue weighted by molar-refractivity contribution is 5.92. The van der Waals surface area contributed by atoms with Crippen LogP contribution >= 0.6 is 0 Å². The highest BCUT2D eigenvalue weighted by Crippen LogP contribution is 2.32. The van der Waals surface area contributed by atoms with Gasteiger partial charge < -0.3 is 14.3 Å². The topological polar surface area (TPSA) is 66.7 Å². The first kappa shape index (κ1) is 17.3. The molecule has 0 saturated carbocycles. The summed E-state index contributed by atoms with van der Waals surface area (Å²) in [5.41, 5.74) is 1.89. The van der Waals surface area contributed by atoms with Gasteiger partial charge in [-0.2, -0.15) is 0 Å². The number of allylic oxidation sites excluding steroid dienone is 1. The number of likely N-dealkylation sites (tertiary alicyclic amines) is 2. The molecule has 140 valence electrons. The summed E-state index contributed by atoms with van der Waals surface area (Å²) in [7, 11) is 0. The lowest BCUT2D eigenvalue weighted by molar-refractivity contribution is -0.140. The Bertz CT molecular complexity index is 682. The minimum Gasteiger partial charge on any atom is -0.364 e. The fraction of sp³-hybridized carbons (Fsp3) is 0.650. The maximum atomic E-state index is 12.5. The monoisotopic (exact) mass is 357 g/mol. The van der Waals surface area contributed by atoms with Gasteiger partial charge in [0.05, 0.1) is 0 Å². The first-order chi connectivity index (χ1) is 12.7. The van der Waals surface area contributed by atoms with Crippen LogP contribution in [0.1, 0.15) is 61.9 Å². The van der Waals surface area contributed by atoms with Crippen LogP contribution in [0.5, 0.6) is 0 Å². The fourth-order valence-corrected chi connectivity index (χ4v) is 4.71. The number of hydrogen-bond acceptors (Lipinski definition) is 4. The van der Waals surface area contributed by atoms with E-state index in [0.29, 0.717) is 37.0 Å². The van der Waals surface area contributed by atoms with Crippen LogP contribution in [0.4, 0.5) is 0 Å². The van der Waals surface area contributed by atoms with Crippen molar-refractivity contribution in [3.05, 3.63) is 29.7 Å². The zero-order valence-corrected chi connectivity index (χ0v) is 15.2. The number of carbonyl (C=O) groups is 2. The molecule has 1 aromatic heterocycles. The molecule has 1 aromatic rings. The summed E-state index contributed by atoms with van der Waals surface area (Å²) in [6.07, 6.45) is 12.1. The molecule has 2 fully saturated rings. The Balaban J connectivity index is 1.38. The van der Waals surface area contributed by atoms with Gasteiger partial charge in [0.2, 0.25) is 5.91 Å². The Labute approximate surface area is 154 Å². The van der Waals surface area contributed by atoms with Crippen LogP contribution in [0.2, 0.25) is 0 Å². The van der Waals surface area contributed by atoms with Gasteiger partial charge in [-0.1, -0.05) is 16.8 Å². The molecule has 0 N–H and O–H groups in total. The van der Waals surface area contributed by atoms with Gasteiger partial charge >= 0.3 is 0 Å². The van der Waals surface area contributed by atoms with Crippen LogP contribution in [0.25, 0.3) is 0 Å². The number of aromatic nitrogens is 1. The number of amides is 2. The molecule has 2 atom stereocenters. The third-order valence-electron chi connectivity index (χ3n) is 6.15. The lowest BCUT2D eigenvalue weighted by Crippen LogP contribution is -2.57. The van der Waals surface area contributed by atoms with E-state index in [2.05, 4.69) is 16.1 Å². The second-order valence-corrected chi connectivity index (χ2v) is 7.74. The zero-order valence-electron chi connectivity index (χ0n) is 15.2. The molecule has 4 rings (SSSR count). The molecule has 2 saturated heterocycles. The third kappa shape index (κ3) is 3.55. The van der Waals surface area contributed by atoms with Crippen LogP contribution in [-0.2, 0) is 4.79 Å². The summed E-state index contributed by atoms with van der Waals surface area (Å²) in [6, 6.07) is 1.89. The van der Waals surface area contributed by atoms with Crippen molar-refractivity contribution in [3.8, 4) is 0 Å². The van der Waals surface area contributed by atoms with E-state index < -0.39 is 0 Å². The predicted molar refractivity (Wildman–Crippen MR) is 96.4 cm³/mol. The number of nitrogens with zero attached hydrogens (tertiary/aromatic N) is 3. The summed E-state index contributed by atoms with van der Waals surface area (Å²) in [6.45, 7) is 2.23. The van der Waals surface area contributed by atoms with E-state index in [1.54, 1.807) is 6.07 Å². The minimum atomic E-state index is -0.0620. The average molecular weight is 357 g/mol. The second kappa shape index (κ2) is 7.64. The van der Waals surface area contributed by atoms with Crippen molar-refractivity contribution in [3.63, 3.8) is 0 Å². The van der Waals surface area contributed by atoms with Crippen LogP contribution in [0.3, 0.4) is 0 Å². The molecule has 2 aliphatic heterocycles. The molecular weight excluding hydrogens is 330 g/mol. The molecule has 0 spiro atoms.